The number of rotatable bonds is 11. The molecule has 0 saturated heterocycles. The summed E-state index contributed by atoms with van der Waals surface area (Å²) in [6.45, 7) is 2.40. The van der Waals surface area contributed by atoms with E-state index in [0.717, 1.165) is 6.92 Å². The summed E-state index contributed by atoms with van der Waals surface area (Å²) >= 11 is 0. The van der Waals surface area contributed by atoms with Crippen LogP contribution in [0.3, 0.4) is 0 Å². The molecule has 8 nitrogen and oxygen atoms in total. The van der Waals surface area contributed by atoms with Crippen molar-refractivity contribution in [3.05, 3.63) is 12.2 Å². The van der Waals surface area contributed by atoms with Gasteiger partial charge in [-0.2, -0.15) is 30.7 Å². The number of esters is 2. The zero-order chi connectivity index (χ0) is 24.2. The van der Waals surface area contributed by atoms with Gasteiger partial charge in [-0.15, -0.1) is 0 Å². The zero-order valence-corrected chi connectivity index (χ0v) is 16.2. The second-order valence-corrected chi connectivity index (χ2v) is 7.11. The van der Waals surface area contributed by atoms with Crippen LogP contribution in [0.4, 0.5) is 30.7 Å². The third-order valence-corrected chi connectivity index (χ3v) is 4.05. The minimum absolute atomic E-state index is 0.0280. The van der Waals surface area contributed by atoms with E-state index < -0.39 is 70.4 Å². The molecule has 0 bridgehead atoms. The molecule has 1 unspecified atom stereocenters. The standard InChI is InChI=1S/C14H17F7O8S/c1-4-6-27-10(23)12(13(17,18)19,29-9(22)8(2)3)28-7-5-11(15,16)14(20,21)30(24,25)26/h2,4-7H2,1,3H3,(H,24,25,26)/p-1. The maximum absolute atomic E-state index is 13.5. The topological polar surface area (TPSA) is 119 Å². The molecule has 0 heterocycles. The summed E-state index contributed by atoms with van der Waals surface area (Å²) in [5, 5.41) is -6.21. The van der Waals surface area contributed by atoms with Crippen LogP contribution in [-0.4, -0.2) is 61.3 Å². The van der Waals surface area contributed by atoms with Gasteiger partial charge in [0.05, 0.1) is 13.2 Å². The quantitative estimate of drug-likeness (QED) is 0.146. The molecule has 0 aromatic rings. The lowest BCUT2D eigenvalue weighted by atomic mass is 10.2. The van der Waals surface area contributed by atoms with Crippen molar-refractivity contribution >= 4 is 22.1 Å². The Hall–Kier alpha value is -1.94. The molecule has 0 aromatic carbocycles. The molecule has 176 valence electrons. The van der Waals surface area contributed by atoms with Crippen LogP contribution in [0.2, 0.25) is 0 Å². The van der Waals surface area contributed by atoms with E-state index in [2.05, 4.69) is 20.8 Å². The van der Waals surface area contributed by atoms with E-state index >= 15 is 0 Å². The number of halogens is 7. The van der Waals surface area contributed by atoms with Gasteiger partial charge in [-0.3, -0.25) is 0 Å². The summed E-state index contributed by atoms with van der Waals surface area (Å²) < 4.78 is 137. The van der Waals surface area contributed by atoms with Gasteiger partial charge in [0, 0.05) is 12.0 Å². The maximum Gasteiger partial charge on any atom is 0.468 e. The molecule has 0 spiro atoms. The molecule has 30 heavy (non-hydrogen) atoms. The minimum atomic E-state index is -6.91. The summed E-state index contributed by atoms with van der Waals surface area (Å²) in [7, 11) is -6.91. The fraction of sp³-hybridized carbons (Fsp3) is 0.714. The number of hydrogen-bond donors (Lipinski definition) is 0. The largest absolute Gasteiger partial charge is 0.743 e. The van der Waals surface area contributed by atoms with Crippen molar-refractivity contribution in [2.75, 3.05) is 13.2 Å². The first-order chi connectivity index (χ1) is 13.3. The van der Waals surface area contributed by atoms with E-state index in [1.807, 2.05) is 0 Å². The Morgan fingerprint density at radius 3 is 1.90 bits per heavy atom. The van der Waals surface area contributed by atoms with Crippen molar-refractivity contribution < 1.29 is 67.5 Å². The fourth-order valence-corrected chi connectivity index (χ4v) is 2.01. The van der Waals surface area contributed by atoms with Gasteiger partial charge in [-0.25, -0.2) is 18.0 Å². The highest BCUT2D eigenvalue weighted by atomic mass is 32.2. The highest BCUT2D eigenvalue weighted by Gasteiger charge is 2.68. The van der Waals surface area contributed by atoms with Gasteiger partial charge in [-0.05, 0) is 13.3 Å². The third-order valence-electron chi connectivity index (χ3n) is 3.13. The summed E-state index contributed by atoms with van der Waals surface area (Å²) in [5.41, 5.74) is -0.690. The second-order valence-electron chi connectivity index (χ2n) is 5.69. The molecular formula is C14H16F7O8S-. The smallest absolute Gasteiger partial charge is 0.468 e. The van der Waals surface area contributed by atoms with E-state index in [-0.39, 0.29) is 6.42 Å². The van der Waals surface area contributed by atoms with Crippen LogP contribution in [0.15, 0.2) is 12.2 Å². The van der Waals surface area contributed by atoms with Crippen LogP contribution in [0.25, 0.3) is 0 Å². The first-order valence-electron chi connectivity index (χ1n) is 7.74. The molecule has 0 amide bonds. The van der Waals surface area contributed by atoms with E-state index in [9.17, 15) is 53.3 Å². The summed E-state index contributed by atoms with van der Waals surface area (Å²) in [6.07, 6.45) is -8.46. The van der Waals surface area contributed by atoms with Crippen LogP contribution in [0.5, 0.6) is 0 Å². The van der Waals surface area contributed by atoms with E-state index in [0.29, 0.717) is 0 Å². The Bertz CT molecular complexity index is 763. The summed E-state index contributed by atoms with van der Waals surface area (Å²) in [6, 6.07) is 0. The zero-order valence-electron chi connectivity index (χ0n) is 15.4. The molecule has 0 fully saturated rings. The average Bonchev–Trinajstić information content (AvgIpc) is 2.55. The average molecular weight is 477 g/mol. The first kappa shape index (κ1) is 28.1. The van der Waals surface area contributed by atoms with Crippen LogP contribution < -0.4 is 0 Å². The molecule has 0 N–H and O–H groups in total. The van der Waals surface area contributed by atoms with Gasteiger partial charge in [0.15, 0.2) is 10.1 Å². The molecular weight excluding hydrogens is 461 g/mol. The molecule has 0 aliphatic carbocycles. The Balaban J connectivity index is 5.97. The molecule has 1 atom stereocenters. The van der Waals surface area contributed by atoms with Crippen molar-refractivity contribution in [3.63, 3.8) is 0 Å². The van der Waals surface area contributed by atoms with Gasteiger partial charge >= 0.3 is 35.1 Å². The Morgan fingerprint density at radius 2 is 1.53 bits per heavy atom. The molecule has 16 heteroatoms. The second kappa shape index (κ2) is 9.47. The molecule has 0 aromatic heterocycles. The van der Waals surface area contributed by atoms with Gasteiger partial charge in [0.25, 0.3) is 0 Å². The molecule has 0 aliphatic heterocycles. The first-order valence-corrected chi connectivity index (χ1v) is 9.15. The minimum Gasteiger partial charge on any atom is -0.743 e. The van der Waals surface area contributed by atoms with Gasteiger partial charge < -0.3 is 18.8 Å². The van der Waals surface area contributed by atoms with Crippen molar-refractivity contribution in [1.82, 2.24) is 0 Å². The number of carbonyl (C=O) groups is 2. The normalized spacial score (nSPS) is 15.3. The molecule has 0 aliphatic rings. The monoisotopic (exact) mass is 477 g/mol. The van der Waals surface area contributed by atoms with E-state index in [1.54, 1.807) is 0 Å². The molecule has 0 saturated carbocycles. The highest BCUT2D eigenvalue weighted by Crippen LogP contribution is 2.42. The number of carbonyl (C=O) groups excluding carboxylic acids is 2. The van der Waals surface area contributed by atoms with Crippen molar-refractivity contribution in [1.29, 1.82) is 0 Å². The predicted octanol–water partition coefficient (Wildman–Crippen LogP) is 2.50. The van der Waals surface area contributed by atoms with Crippen LogP contribution in [0, 0.1) is 0 Å². The molecule has 0 rings (SSSR count). The third kappa shape index (κ3) is 6.04. The van der Waals surface area contributed by atoms with E-state index in [4.69, 9.17) is 0 Å². The summed E-state index contributed by atoms with van der Waals surface area (Å²) in [5.74, 6) is -14.6. The van der Waals surface area contributed by atoms with Crippen molar-refractivity contribution in [2.45, 2.75) is 49.8 Å². The lowest BCUT2D eigenvalue weighted by Gasteiger charge is -2.33. The Kier molecular flexibility index (Phi) is 8.85. The lowest BCUT2D eigenvalue weighted by molar-refractivity contribution is -0.357. The predicted molar refractivity (Wildman–Crippen MR) is 81.1 cm³/mol. The number of ether oxygens (including phenoxy) is 3. The Morgan fingerprint density at radius 1 is 1.03 bits per heavy atom. The van der Waals surface area contributed by atoms with E-state index in [1.165, 1.54) is 6.92 Å². The van der Waals surface area contributed by atoms with Crippen molar-refractivity contribution in [3.8, 4) is 0 Å². The summed E-state index contributed by atoms with van der Waals surface area (Å²) in [4.78, 5) is 23.4. The fourth-order valence-electron chi connectivity index (χ4n) is 1.54. The molecule has 0 radical (unpaired) electrons. The lowest BCUT2D eigenvalue weighted by Crippen LogP contribution is -2.59. The van der Waals surface area contributed by atoms with Crippen LogP contribution in [0.1, 0.15) is 26.7 Å². The maximum atomic E-state index is 13.5. The SMILES string of the molecule is C=C(C)C(=O)OC(OCCC(F)(F)C(F)(F)S(=O)(=O)[O-])(C(=O)OCCC)C(F)(F)F. The Labute approximate surface area is 165 Å². The highest BCUT2D eigenvalue weighted by molar-refractivity contribution is 7.86. The van der Waals surface area contributed by atoms with Gasteiger partial charge in [-0.1, -0.05) is 13.5 Å². The number of hydrogen-bond acceptors (Lipinski definition) is 8. The van der Waals surface area contributed by atoms with Gasteiger partial charge in [0.2, 0.25) is 0 Å². The number of alkyl halides is 7. The van der Waals surface area contributed by atoms with Crippen LogP contribution >= 0.6 is 0 Å². The van der Waals surface area contributed by atoms with Crippen molar-refractivity contribution in [2.24, 2.45) is 0 Å². The van der Waals surface area contributed by atoms with Gasteiger partial charge in [0.1, 0.15) is 0 Å². The van der Waals surface area contributed by atoms with Crippen LogP contribution in [-0.2, 0) is 33.9 Å².